The number of hydrogen-bond acceptors (Lipinski definition) is 5. The maximum atomic E-state index is 12.6. The number of aromatic nitrogens is 3. The van der Waals surface area contributed by atoms with Gasteiger partial charge in [-0.05, 0) is 38.5 Å². The number of anilines is 1. The number of carbonyl (C=O) groups is 1. The average Bonchev–Trinajstić information content (AvgIpc) is 3.02. The van der Waals surface area contributed by atoms with Crippen LogP contribution in [-0.2, 0) is 25.7 Å². The van der Waals surface area contributed by atoms with E-state index in [9.17, 15) is 4.79 Å². The molecule has 0 unspecified atom stereocenters. The zero-order valence-corrected chi connectivity index (χ0v) is 13.8. The van der Waals surface area contributed by atoms with Crippen LogP contribution in [0, 0.1) is 0 Å². The van der Waals surface area contributed by atoms with Gasteiger partial charge in [0.2, 0.25) is 0 Å². The number of rotatable bonds is 2. The number of carbonyl (C=O) groups excluding carboxylic acids is 1. The van der Waals surface area contributed by atoms with E-state index in [0.717, 1.165) is 55.5 Å². The number of H-pyrrole nitrogens is 1. The van der Waals surface area contributed by atoms with Crippen LogP contribution >= 0.6 is 11.3 Å². The molecule has 6 nitrogen and oxygen atoms in total. The summed E-state index contributed by atoms with van der Waals surface area (Å²) in [5.41, 5.74) is 9.75. The Balaban J connectivity index is 1.48. The molecule has 0 bridgehead atoms. The maximum Gasteiger partial charge on any atom is 0.272 e. The fourth-order valence-corrected chi connectivity index (χ4v) is 4.58. The van der Waals surface area contributed by atoms with Gasteiger partial charge in [-0.25, -0.2) is 4.98 Å². The summed E-state index contributed by atoms with van der Waals surface area (Å²) in [4.78, 5) is 18.2. The van der Waals surface area contributed by atoms with Crippen LogP contribution in [0.4, 0.5) is 5.13 Å². The van der Waals surface area contributed by atoms with Crippen molar-refractivity contribution in [1.82, 2.24) is 20.5 Å². The third-order valence-electron chi connectivity index (χ3n) is 4.81. The number of nitrogen functional groups attached to an aromatic ring is 1. The van der Waals surface area contributed by atoms with Gasteiger partial charge < -0.3 is 11.1 Å². The number of amides is 1. The summed E-state index contributed by atoms with van der Waals surface area (Å²) in [7, 11) is 0. The Labute approximate surface area is 138 Å². The molecule has 0 fully saturated rings. The van der Waals surface area contributed by atoms with Crippen molar-refractivity contribution in [2.24, 2.45) is 0 Å². The van der Waals surface area contributed by atoms with Crippen molar-refractivity contribution in [3.63, 3.8) is 0 Å². The molecule has 23 heavy (non-hydrogen) atoms. The number of nitrogens with two attached hydrogens (primary N) is 1. The standard InChI is InChI=1S/C16H21N5OS/c17-16-19-12-7-6-9(8-13(12)23-16)18-15(22)14-10-4-2-1-3-5-11(10)20-21-14/h9H,1-8H2,(H2,17,19)(H,18,22)(H,20,21)/t9-/m0/s1. The Kier molecular flexibility index (Phi) is 3.80. The molecule has 2 aliphatic rings. The van der Waals surface area contributed by atoms with Crippen LogP contribution < -0.4 is 11.1 Å². The fourth-order valence-electron chi connectivity index (χ4n) is 3.62. The summed E-state index contributed by atoms with van der Waals surface area (Å²) in [6, 6.07) is 0.146. The zero-order chi connectivity index (χ0) is 15.8. The minimum absolute atomic E-state index is 0.0460. The molecule has 1 amide bonds. The van der Waals surface area contributed by atoms with Gasteiger partial charge >= 0.3 is 0 Å². The normalized spacial score (nSPS) is 20.4. The summed E-state index contributed by atoms with van der Waals surface area (Å²) in [5, 5.41) is 11.1. The summed E-state index contributed by atoms with van der Waals surface area (Å²) < 4.78 is 0. The highest BCUT2D eigenvalue weighted by Crippen LogP contribution is 2.28. The van der Waals surface area contributed by atoms with Gasteiger partial charge in [-0.2, -0.15) is 5.10 Å². The van der Waals surface area contributed by atoms with E-state index in [2.05, 4.69) is 20.5 Å². The summed E-state index contributed by atoms with van der Waals surface area (Å²) in [5.74, 6) is -0.0460. The molecule has 0 radical (unpaired) electrons. The molecule has 0 aliphatic heterocycles. The summed E-state index contributed by atoms with van der Waals surface area (Å²) in [6.45, 7) is 0. The molecule has 7 heteroatoms. The molecule has 0 spiro atoms. The first-order valence-corrected chi connectivity index (χ1v) is 9.13. The first-order valence-electron chi connectivity index (χ1n) is 8.31. The van der Waals surface area contributed by atoms with Crippen molar-refractivity contribution in [3.8, 4) is 0 Å². The molecule has 2 aliphatic carbocycles. The van der Waals surface area contributed by atoms with E-state index in [1.54, 1.807) is 0 Å². The van der Waals surface area contributed by atoms with Crippen LogP contribution in [0.1, 0.15) is 58.0 Å². The lowest BCUT2D eigenvalue weighted by molar-refractivity contribution is 0.0927. The molecular weight excluding hydrogens is 310 g/mol. The van der Waals surface area contributed by atoms with Crippen LogP contribution in [-0.4, -0.2) is 27.1 Å². The highest BCUT2D eigenvalue weighted by atomic mass is 32.1. The smallest absolute Gasteiger partial charge is 0.272 e. The van der Waals surface area contributed by atoms with Crippen molar-refractivity contribution in [2.45, 2.75) is 57.4 Å². The quantitative estimate of drug-likeness (QED) is 0.733. The highest BCUT2D eigenvalue weighted by molar-refractivity contribution is 7.15. The van der Waals surface area contributed by atoms with E-state index in [4.69, 9.17) is 5.73 Å². The first-order chi connectivity index (χ1) is 11.2. The van der Waals surface area contributed by atoms with E-state index in [1.807, 2.05) is 0 Å². The third kappa shape index (κ3) is 2.85. The summed E-state index contributed by atoms with van der Waals surface area (Å²) in [6.07, 6.45) is 8.11. The maximum absolute atomic E-state index is 12.6. The Morgan fingerprint density at radius 3 is 3.04 bits per heavy atom. The van der Waals surface area contributed by atoms with Crippen molar-refractivity contribution in [3.05, 3.63) is 27.5 Å². The second-order valence-corrected chi connectivity index (χ2v) is 7.54. The largest absolute Gasteiger partial charge is 0.375 e. The Bertz CT molecular complexity index is 735. The zero-order valence-electron chi connectivity index (χ0n) is 13.0. The van der Waals surface area contributed by atoms with Crippen molar-refractivity contribution in [2.75, 3.05) is 5.73 Å². The monoisotopic (exact) mass is 331 g/mol. The second-order valence-electron chi connectivity index (χ2n) is 6.43. The number of aromatic amines is 1. The number of fused-ring (bicyclic) bond motifs is 2. The van der Waals surface area contributed by atoms with Crippen LogP contribution in [0.5, 0.6) is 0 Å². The Hall–Kier alpha value is -1.89. The van der Waals surface area contributed by atoms with Crippen LogP contribution in [0.3, 0.4) is 0 Å². The molecule has 0 saturated heterocycles. The highest BCUT2D eigenvalue weighted by Gasteiger charge is 2.26. The minimum atomic E-state index is -0.0460. The number of hydrogen-bond donors (Lipinski definition) is 3. The lowest BCUT2D eigenvalue weighted by Crippen LogP contribution is -2.39. The Morgan fingerprint density at radius 1 is 1.26 bits per heavy atom. The van der Waals surface area contributed by atoms with Gasteiger partial charge in [0.1, 0.15) is 0 Å². The van der Waals surface area contributed by atoms with Gasteiger partial charge in [0.25, 0.3) is 5.91 Å². The number of aryl methyl sites for hydroxylation is 2. The molecular formula is C16H21N5OS. The van der Waals surface area contributed by atoms with Crippen molar-refractivity contribution < 1.29 is 4.79 Å². The SMILES string of the molecule is Nc1nc2c(s1)C[C@@H](NC(=O)c1n[nH]c3c1CCCCC3)CC2. The molecule has 122 valence electrons. The van der Waals surface area contributed by atoms with Crippen LogP contribution in [0.25, 0.3) is 0 Å². The molecule has 4 rings (SSSR count). The van der Waals surface area contributed by atoms with Gasteiger partial charge in [-0.1, -0.05) is 6.42 Å². The second kappa shape index (κ2) is 5.96. The predicted molar refractivity (Wildman–Crippen MR) is 89.7 cm³/mol. The van der Waals surface area contributed by atoms with E-state index in [1.165, 1.54) is 29.1 Å². The van der Waals surface area contributed by atoms with Gasteiger partial charge in [-0.3, -0.25) is 9.89 Å². The van der Waals surface area contributed by atoms with Gasteiger partial charge in [0.15, 0.2) is 10.8 Å². The van der Waals surface area contributed by atoms with Crippen LogP contribution in [0.15, 0.2) is 0 Å². The van der Waals surface area contributed by atoms with Gasteiger partial charge in [-0.15, -0.1) is 11.3 Å². The molecule has 0 saturated carbocycles. The van der Waals surface area contributed by atoms with Crippen molar-refractivity contribution in [1.29, 1.82) is 0 Å². The van der Waals surface area contributed by atoms with Gasteiger partial charge in [0, 0.05) is 28.6 Å². The molecule has 2 aromatic heterocycles. The first kappa shape index (κ1) is 14.7. The van der Waals surface area contributed by atoms with E-state index in [-0.39, 0.29) is 11.9 Å². The number of thiazole rings is 1. The van der Waals surface area contributed by atoms with E-state index < -0.39 is 0 Å². The molecule has 0 aromatic carbocycles. The fraction of sp³-hybridized carbons (Fsp3) is 0.562. The lowest BCUT2D eigenvalue weighted by atomic mass is 9.97. The minimum Gasteiger partial charge on any atom is -0.375 e. The number of nitrogens with zero attached hydrogens (tertiary/aromatic N) is 2. The van der Waals surface area contributed by atoms with Gasteiger partial charge in [0.05, 0.1) is 5.69 Å². The predicted octanol–water partition coefficient (Wildman–Crippen LogP) is 2.00. The molecule has 2 aromatic rings. The number of nitrogens with one attached hydrogen (secondary N) is 2. The average molecular weight is 331 g/mol. The Morgan fingerprint density at radius 2 is 2.13 bits per heavy atom. The van der Waals surface area contributed by atoms with E-state index in [0.29, 0.717) is 10.8 Å². The lowest BCUT2D eigenvalue weighted by Gasteiger charge is -2.22. The van der Waals surface area contributed by atoms with E-state index >= 15 is 0 Å². The van der Waals surface area contributed by atoms with Crippen molar-refractivity contribution >= 4 is 22.4 Å². The third-order valence-corrected chi connectivity index (χ3v) is 5.76. The summed E-state index contributed by atoms with van der Waals surface area (Å²) >= 11 is 1.54. The molecule has 4 N–H and O–H groups in total. The topological polar surface area (TPSA) is 96.7 Å². The van der Waals surface area contributed by atoms with Crippen LogP contribution in [0.2, 0.25) is 0 Å². The molecule has 2 heterocycles. The molecule has 1 atom stereocenters.